The maximum absolute atomic E-state index is 13.5. The van der Waals surface area contributed by atoms with Gasteiger partial charge in [0.1, 0.15) is 67.1 Å². The average Bonchev–Trinajstić information content (AvgIpc) is 0.757. The van der Waals surface area contributed by atoms with Gasteiger partial charge >= 0.3 is 5.97 Å². The zero-order chi connectivity index (χ0) is 69.6. The number of carboxylic acids is 1. The summed E-state index contributed by atoms with van der Waals surface area (Å²) in [7, 11) is 0. The van der Waals surface area contributed by atoms with Crippen LogP contribution in [0.25, 0.3) is 0 Å². The molecule has 3 aliphatic rings. The lowest BCUT2D eigenvalue weighted by atomic mass is 9.88. The number of nitrogens with one attached hydrogen (secondary N) is 2. The van der Waals surface area contributed by atoms with Gasteiger partial charge in [-0.3, -0.25) is 9.59 Å². The fourth-order valence-corrected chi connectivity index (χ4v) is 13.2. The molecule has 0 radical (unpaired) electrons. The predicted octanol–water partition coefficient (Wildman–Crippen LogP) is 8.24. The quantitative estimate of drug-likeness (QED) is 0.0201. The van der Waals surface area contributed by atoms with E-state index in [2.05, 4.69) is 24.5 Å². The molecule has 0 bridgehead atoms. The lowest BCUT2D eigenvalue weighted by molar-refractivity contribution is -0.386. The highest BCUT2D eigenvalue weighted by Crippen LogP contribution is 2.39. The summed E-state index contributed by atoms with van der Waals surface area (Å²) in [6.07, 6.45) is 23.8. The lowest BCUT2D eigenvalue weighted by Crippen LogP contribution is -2.70. The van der Waals surface area contributed by atoms with Crippen LogP contribution in [0.3, 0.4) is 0 Å². The van der Waals surface area contributed by atoms with E-state index < -0.39 is 155 Å². The fraction of sp³-hybridized carbons (Fsp3) is 0.931. The van der Waals surface area contributed by atoms with E-state index in [-0.39, 0.29) is 12.3 Å². The van der Waals surface area contributed by atoms with Crippen LogP contribution in [-0.4, -0.2) is 215 Å². The number of hydrogen-bond acceptors (Lipinski definition) is 20. The van der Waals surface area contributed by atoms with Crippen LogP contribution in [0.4, 0.5) is 0 Å². The molecular weight excluding hydrogens is 1230 g/mol. The molecular formula is C72H134N2O21. The summed E-state index contributed by atoms with van der Waals surface area (Å²) in [4.78, 5) is 38.6. The van der Waals surface area contributed by atoms with Crippen LogP contribution in [0.15, 0.2) is 12.2 Å². The minimum absolute atomic E-state index is 0.205. The van der Waals surface area contributed by atoms with Crippen molar-refractivity contribution in [2.45, 2.75) is 400 Å². The molecule has 95 heavy (non-hydrogen) atoms. The molecule has 18 atom stereocenters. The smallest absolute Gasteiger partial charge is 0.364 e. The second kappa shape index (κ2) is 52.5. The Balaban J connectivity index is 1.57. The molecule has 3 fully saturated rings. The SMILES string of the molecule is CCCCCCCCCCCCCCCCCCCCC/C=C/C(O)C(COC1OC(CO)C(OC2OC(CO)C(O)C(OC3(C(=O)O)CC(O)C(NC(C)=O)C(C(O)C(O)CO)O3)C2O)C(O)C1O)NC(=O)CCCCCCCCCCCCCCCCCCCCCC. The van der Waals surface area contributed by atoms with Crippen molar-refractivity contribution in [3.05, 3.63) is 12.2 Å². The van der Waals surface area contributed by atoms with Crippen molar-refractivity contribution in [3.8, 4) is 0 Å². The summed E-state index contributed by atoms with van der Waals surface area (Å²) < 4.78 is 34.9. The molecule has 0 spiro atoms. The molecule has 3 rings (SSSR count). The molecule has 14 N–H and O–H groups in total. The molecule has 2 amide bonds. The van der Waals surface area contributed by atoms with Gasteiger partial charge in [-0.2, -0.15) is 0 Å². The predicted molar refractivity (Wildman–Crippen MR) is 362 cm³/mol. The summed E-state index contributed by atoms with van der Waals surface area (Å²) in [6, 6.07) is -2.61. The number of aliphatic carboxylic acids is 1. The van der Waals surface area contributed by atoms with E-state index >= 15 is 0 Å². The molecule has 558 valence electrons. The normalized spacial score (nSPS) is 27.7. The Labute approximate surface area is 569 Å². The second-order valence-corrected chi connectivity index (χ2v) is 27.5. The Kier molecular flexibility index (Phi) is 47.9. The molecule has 0 aromatic carbocycles. The van der Waals surface area contributed by atoms with Crippen LogP contribution in [0, 0.1) is 0 Å². The highest BCUT2D eigenvalue weighted by atomic mass is 16.8. The van der Waals surface area contributed by atoms with Gasteiger partial charge in [0.25, 0.3) is 5.79 Å². The minimum atomic E-state index is -3.08. The van der Waals surface area contributed by atoms with E-state index in [0.29, 0.717) is 12.8 Å². The number of allylic oxidation sites excluding steroid dienone is 1. The molecule has 0 saturated carbocycles. The average molecular weight is 1360 g/mol. The maximum Gasteiger partial charge on any atom is 0.364 e. The highest BCUT2D eigenvalue weighted by Gasteiger charge is 2.60. The monoisotopic (exact) mass is 1360 g/mol. The third-order valence-corrected chi connectivity index (χ3v) is 19.2. The van der Waals surface area contributed by atoms with Gasteiger partial charge in [-0.25, -0.2) is 4.79 Å². The van der Waals surface area contributed by atoms with Crippen molar-refractivity contribution in [3.63, 3.8) is 0 Å². The molecule has 0 aliphatic carbocycles. The van der Waals surface area contributed by atoms with Gasteiger partial charge in [0, 0.05) is 19.8 Å². The number of carbonyl (C=O) groups is 3. The van der Waals surface area contributed by atoms with Crippen LogP contribution in [0.5, 0.6) is 0 Å². The molecule has 23 heteroatoms. The number of carbonyl (C=O) groups excluding carboxylic acids is 2. The molecule has 3 aliphatic heterocycles. The number of carboxylic acid groups (broad SMARTS) is 1. The Morgan fingerprint density at radius 3 is 1.40 bits per heavy atom. The van der Waals surface area contributed by atoms with E-state index in [1.165, 1.54) is 199 Å². The van der Waals surface area contributed by atoms with E-state index in [9.17, 15) is 75.7 Å². The summed E-state index contributed by atoms with van der Waals surface area (Å²) in [6.45, 7) is 2.18. The van der Waals surface area contributed by atoms with Crippen molar-refractivity contribution in [2.75, 3.05) is 26.4 Å². The fourth-order valence-electron chi connectivity index (χ4n) is 13.2. The first kappa shape index (κ1) is 86.7. The van der Waals surface area contributed by atoms with Crippen LogP contribution >= 0.6 is 0 Å². The van der Waals surface area contributed by atoms with E-state index in [4.69, 9.17) is 28.4 Å². The molecule has 0 aromatic heterocycles. The van der Waals surface area contributed by atoms with Crippen molar-refractivity contribution in [1.29, 1.82) is 0 Å². The van der Waals surface area contributed by atoms with Crippen LogP contribution in [0.2, 0.25) is 0 Å². The molecule has 0 aromatic rings. The Morgan fingerprint density at radius 2 is 0.979 bits per heavy atom. The highest BCUT2D eigenvalue weighted by molar-refractivity contribution is 5.77. The van der Waals surface area contributed by atoms with Crippen LogP contribution < -0.4 is 10.6 Å². The molecule has 18 unspecified atom stereocenters. The van der Waals surface area contributed by atoms with Crippen LogP contribution in [-0.2, 0) is 42.8 Å². The molecule has 3 heterocycles. The standard InChI is InChI=1S/C72H134N2O21/c1-4-6-8-10-12-14-16-18-20-22-24-26-27-29-31-33-35-37-39-41-43-45-54(79)53(74-59(82)46-44-42-40-38-36-34-32-30-28-25-23-21-19-17-15-13-11-9-7-5-2)51-90-69-64(86)63(85)66(58(50-77)92-69)93-70-65(87)68(62(84)57(49-76)91-70)95-72(71(88)89)47-55(80)60(73-52(3)78)67(94-72)61(83)56(81)48-75/h43,45,53-58,60-70,75-77,79-81,83-87H,4-42,44,46-51H2,1-3H3,(H,73,78)(H,74,82)(H,88,89)/b45-43+. The third-order valence-electron chi connectivity index (χ3n) is 19.2. The number of ether oxygens (including phenoxy) is 6. The van der Waals surface area contributed by atoms with Gasteiger partial charge in [-0.05, 0) is 19.3 Å². The number of rotatable bonds is 58. The maximum atomic E-state index is 13.5. The van der Waals surface area contributed by atoms with Gasteiger partial charge < -0.3 is 100 Å². The van der Waals surface area contributed by atoms with E-state index in [1.54, 1.807) is 6.08 Å². The zero-order valence-electron chi connectivity index (χ0n) is 58.5. The first-order chi connectivity index (χ1) is 45.9. The third kappa shape index (κ3) is 34.1. The number of unbranched alkanes of at least 4 members (excludes halogenated alkanes) is 38. The van der Waals surface area contributed by atoms with Crippen molar-refractivity contribution < 1.29 is 104 Å². The van der Waals surface area contributed by atoms with Crippen LogP contribution in [0.1, 0.15) is 290 Å². The lowest BCUT2D eigenvalue weighted by Gasteiger charge is -2.50. The van der Waals surface area contributed by atoms with E-state index in [0.717, 1.165) is 51.9 Å². The second-order valence-electron chi connectivity index (χ2n) is 27.5. The topological polar surface area (TPSA) is 373 Å². The van der Waals surface area contributed by atoms with Gasteiger partial charge in [-0.1, -0.05) is 264 Å². The van der Waals surface area contributed by atoms with Crippen molar-refractivity contribution in [1.82, 2.24) is 10.6 Å². The number of aliphatic hydroxyl groups is 11. The zero-order valence-corrected chi connectivity index (χ0v) is 58.5. The summed E-state index contributed by atoms with van der Waals surface area (Å²) >= 11 is 0. The number of aliphatic hydroxyl groups excluding tert-OH is 11. The summed E-state index contributed by atoms with van der Waals surface area (Å²) in [5, 5.41) is 136. The first-order valence-corrected chi connectivity index (χ1v) is 37.6. The largest absolute Gasteiger partial charge is 0.477 e. The van der Waals surface area contributed by atoms with Crippen molar-refractivity contribution in [2.24, 2.45) is 0 Å². The van der Waals surface area contributed by atoms with E-state index in [1.807, 2.05) is 6.08 Å². The Morgan fingerprint density at radius 1 is 0.547 bits per heavy atom. The van der Waals surface area contributed by atoms with Crippen molar-refractivity contribution >= 4 is 17.8 Å². The minimum Gasteiger partial charge on any atom is -0.477 e. The summed E-state index contributed by atoms with van der Waals surface area (Å²) in [5.41, 5.74) is 0. The van der Waals surface area contributed by atoms with Gasteiger partial charge in [0.05, 0.1) is 50.7 Å². The van der Waals surface area contributed by atoms with Gasteiger partial charge in [0.15, 0.2) is 12.6 Å². The summed E-state index contributed by atoms with van der Waals surface area (Å²) in [5.74, 6) is -6.13. The number of hydrogen-bond donors (Lipinski definition) is 14. The molecule has 3 saturated heterocycles. The Bertz CT molecular complexity index is 1960. The first-order valence-electron chi connectivity index (χ1n) is 37.6. The van der Waals surface area contributed by atoms with Gasteiger partial charge in [0.2, 0.25) is 11.8 Å². The van der Waals surface area contributed by atoms with Gasteiger partial charge in [-0.15, -0.1) is 0 Å². The molecule has 23 nitrogen and oxygen atoms in total. The number of amides is 2. The Hall–Kier alpha value is -2.53.